The number of hydrogen-bond acceptors (Lipinski definition) is 4. The van der Waals surface area contributed by atoms with Gasteiger partial charge in [0.25, 0.3) is 0 Å². The van der Waals surface area contributed by atoms with E-state index in [4.69, 9.17) is 10.8 Å². The zero-order valence-electron chi connectivity index (χ0n) is 8.87. The van der Waals surface area contributed by atoms with Gasteiger partial charge in [0.15, 0.2) is 5.82 Å². The first-order valence-electron chi connectivity index (χ1n) is 5.16. The van der Waals surface area contributed by atoms with Crippen LogP contribution in [-0.2, 0) is 6.54 Å². The highest BCUT2D eigenvalue weighted by atomic mass is 16.3. The number of aromatic nitrogens is 3. The Morgan fingerprint density at radius 1 is 1.38 bits per heavy atom. The number of nitrogen functional groups attached to an aromatic ring is 1. The van der Waals surface area contributed by atoms with Gasteiger partial charge in [-0.3, -0.25) is 4.68 Å². The van der Waals surface area contributed by atoms with Gasteiger partial charge in [-0.1, -0.05) is 12.1 Å². The summed E-state index contributed by atoms with van der Waals surface area (Å²) < 4.78 is 1.72. The van der Waals surface area contributed by atoms with E-state index in [1.54, 1.807) is 11.0 Å². The van der Waals surface area contributed by atoms with Gasteiger partial charge in [-0.15, -0.1) is 0 Å². The van der Waals surface area contributed by atoms with Gasteiger partial charge in [0.05, 0.1) is 0 Å². The maximum Gasteiger partial charge on any atom is 0.181 e. The fourth-order valence-corrected chi connectivity index (χ4v) is 1.45. The highest BCUT2D eigenvalue weighted by Crippen LogP contribution is 2.16. The van der Waals surface area contributed by atoms with Crippen LogP contribution >= 0.6 is 0 Å². The number of hydrogen-bond donors (Lipinski definition) is 2. The lowest BCUT2D eigenvalue weighted by Crippen LogP contribution is -2.00. The lowest BCUT2D eigenvalue weighted by atomic mass is 10.2. The van der Waals surface area contributed by atoms with Crippen molar-refractivity contribution >= 4 is 5.69 Å². The first-order valence-corrected chi connectivity index (χ1v) is 5.16. The van der Waals surface area contributed by atoms with Gasteiger partial charge >= 0.3 is 0 Å². The topological polar surface area (TPSA) is 77.0 Å². The van der Waals surface area contributed by atoms with Gasteiger partial charge in [0, 0.05) is 24.4 Å². The molecule has 0 radical (unpaired) electrons. The monoisotopic (exact) mass is 218 g/mol. The minimum Gasteiger partial charge on any atom is -0.399 e. The van der Waals surface area contributed by atoms with E-state index in [1.807, 2.05) is 24.3 Å². The highest BCUT2D eigenvalue weighted by molar-refractivity contribution is 5.60. The second-order valence-corrected chi connectivity index (χ2v) is 3.53. The highest BCUT2D eigenvalue weighted by Gasteiger charge is 2.03. The normalized spacial score (nSPS) is 10.6. The molecule has 0 aliphatic carbocycles. The SMILES string of the molecule is Nc1cccc(-c2ncn(CCCO)n2)c1. The van der Waals surface area contributed by atoms with Crippen molar-refractivity contribution in [3.63, 3.8) is 0 Å². The third-order valence-electron chi connectivity index (χ3n) is 2.23. The number of nitrogens with zero attached hydrogens (tertiary/aromatic N) is 3. The summed E-state index contributed by atoms with van der Waals surface area (Å²) in [6.45, 7) is 0.833. The second kappa shape index (κ2) is 4.76. The van der Waals surface area contributed by atoms with Crippen molar-refractivity contribution in [3.8, 4) is 11.4 Å². The first-order chi connectivity index (χ1) is 7.79. The van der Waals surface area contributed by atoms with Crippen molar-refractivity contribution in [2.75, 3.05) is 12.3 Å². The molecule has 0 fully saturated rings. The van der Waals surface area contributed by atoms with Crippen molar-refractivity contribution in [1.82, 2.24) is 14.8 Å². The Kier molecular flexibility index (Phi) is 3.16. The summed E-state index contributed by atoms with van der Waals surface area (Å²) in [6.07, 6.45) is 2.34. The minimum absolute atomic E-state index is 0.160. The molecule has 1 aromatic heterocycles. The molecule has 16 heavy (non-hydrogen) atoms. The number of rotatable bonds is 4. The third kappa shape index (κ3) is 2.38. The molecule has 1 aromatic carbocycles. The third-order valence-corrected chi connectivity index (χ3v) is 2.23. The zero-order chi connectivity index (χ0) is 11.4. The summed E-state index contributed by atoms with van der Waals surface area (Å²) in [7, 11) is 0. The van der Waals surface area contributed by atoms with Crippen LogP contribution in [0.3, 0.4) is 0 Å². The average molecular weight is 218 g/mol. The predicted molar refractivity (Wildman–Crippen MR) is 61.6 cm³/mol. The van der Waals surface area contributed by atoms with Crippen LogP contribution in [0.4, 0.5) is 5.69 Å². The molecule has 0 saturated heterocycles. The van der Waals surface area contributed by atoms with Crippen LogP contribution < -0.4 is 5.73 Å². The maximum absolute atomic E-state index is 8.71. The van der Waals surface area contributed by atoms with Crippen LogP contribution in [0.1, 0.15) is 6.42 Å². The van der Waals surface area contributed by atoms with Gasteiger partial charge in [0.2, 0.25) is 0 Å². The van der Waals surface area contributed by atoms with Crippen molar-refractivity contribution in [1.29, 1.82) is 0 Å². The molecule has 0 aliphatic heterocycles. The van der Waals surface area contributed by atoms with Crippen molar-refractivity contribution in [2.45, 2.75) is 13.0 Å². The molecule has 0 saturated carbocycles. The van der Waals surface area contributed by atoms with E-state index < -0.39 is 0 Å². The molecule has 0 atom stereocenters. The predicted octanol–water partition coefficient (Wildman–Crippen LogP) is 0.910. The Morgan fingerprint density at radius 2 is 2.25 bits per heavy atom. The van der Waals surface area contributed by atoms with E-state index in [0.29, 0.717) is 24.5 Å². The van der Waals surface area contributed by atoms with Gasteiger partial charge < -0.3 is 10.8 Å². The summed E-state index contributed by atoms with van der Waals surface area (Å²) >= 11 is 0. The minimum atomic E-state index is 0.160. The zero-order valence-corrected chi connectivity index (χ0v) is 8.87. The van der Waals surface area contributed by atoms with Crippen LogP contribution in [0.25, 0.3) is 11.4 Å². The summed E-state index contributed by atoms with van der Waals surface area (Å²) in [6, 6.07) is 7.46. The average Bonchev–Trinajstić information content (AvgIpc) is 2.75. The quantitative estimate of drug-likeness (QED) is 0.748. The van der Waals surface area contributed by atoms with Crippen LogP contribution in [-0.4, -0.2) is 26.5 Å². The molecule has 0 amide bonds. The van der Waals surface area contributed by atoms with Gasteiger partial charge in [0.1, 0.15) is 6.33 Å². The number of nitrogens with two attached hydrogens (primary N) is 1. The van der Waals surface area contributed by atoms with E-state index in [1.165, 1.54) is 0 Å². The molecule has 5 nitrogen and oxygen atoms in total. The van der Waals surface area contributed by atoms with Crippen molar-refractivity contribution in [2.24, 2.45) is 0 Å². The summed E-state index contributed by atoms with van der Waals surface area (Å²) in [5.74, 6) is 0.658. The Bertz CT molecular complexity index is 467. The fourth-order valence-electron chi connectivity index (χ4n) is 1.45. The van der Waals surface area contributed by atoms with Crippen molar-refractivity contribution < 1.29 is 5.11 Å². The molecule has 0 unspecified atom stereocenters. The number of anilines is 1. The molecule has 2 aromatic rings. The molecule has 5 heteroatoms. The Morgan fingerprint density at radius 3 is 3.00 bits per heavy atom. The number of aryl methyl sites for hydroxylation is 1. The molecular weight excluding hydrogens is 204 g/mol. The molecule has 0 spiro atoms. The molecular formula is C11H14N4O. The summed E-state index contributed by atoms with van der Waals surface area (Å²) in [4.78, 5) is 4.20. The molecule has 3 N–H and O–H groups in total. The second-order valence-electron chi connectivity index (χ2n) is 3.53. The van der Waals surface area contributed by atoms with E-state index in [2.05, 4.69) is 10.1 Å². The summed E-state index contributed by atoms with van der Waals surface area (Å²) in [5.41, 5.74) is 7.29. The largest absolute Gasteiger partial charge is 0.399 e. The lowest BCUT2D eigenvalue weighted by Gasteiger charge is -1.98. The molecule has 0 aliphatic rings. The molecule has 1 heterocycles. The Labute approximate surface area is 93.5 Å². The van der Waals surface area contributed by atoms with Crippen molar-refractivity contribution in [3.05, 3.63) is 30.6 Å². The fraction of sp³-hybridized carbons (Fsp3) is 0.273. The van der Waals surface area contributed by atoms with Gasteiger partial charge in [-0.2, -0.15) is 5.10 Å². The number of benzene rings is 1. The van der Waals surface area contributed by atoms with E-state index >= 15 is 0 Å². The van der Waals surface area contributed by atoms with Gasteiger partial charge in [-0.05, 0) is 18.6 Å². The molecule has 2 rings (SSSR count). The Hall–Kier alpha value is -1.88. The lowest BCUT2D eigenvalue weighted by molar-refractivity contribution is 0.277. The van der Waals surface area contributed by atoms with Crippen LogP contribution in [0.15, 0.2) is 30.6 Å². The molecule has 84 valence electrons. The van der Waals surface area contributed by atoms with Crippen LogP contribution in [0, 0.1) is 0 Å². The Balaban J connectivity index is 2.18. The maximum atomic E-state index is 8.71. The molecule has 0 bridgehead atoms. The smallest absolute Gasteiger partial charge is 0.181 e. The van der Waals surface area contributed by atoms with E-state index in [-0.39, 0.29) is 6.61 Å². The number of aliphatic hydroxyl groups excluding tert-OH is 1. The van der Waals surface area contributed by atoms with Gasteiger partial charge in [-0.25, -0.2) is 4.98 Å². The van der Waals surface area contributed by atoms with E-state index in [9.17, 15) is 0 Å². The standard InChI is InChI=1S/C11H14N4O/c12-10-4-1-3-9(7-10)11-13-8-15(14-11)5-2-6-16/h1,3-4,7-8,16H,2,5-6,12H2. The number of aliphatic hydroxyl groups is 1. The summed E-state index contributed by atoms with van der Waals surface area (Å²) in [5, 5.41) is 13.0. The van der Waals surface area contributed by atoms with Crippen LogP contribution in [0.2, 0.25) is 0 Å². The van der Waals surface area contributed by atoms with E-state index in [0.717, 1.165) is 5.56 Å². The van der Waals surface area contributed by atoms with Crippen LogP contribution in [0.5, 0.6) is 0 Å². The first kappa shape index (κ1) is 10.6.